The van der Waals surface area contributed by atoms with E-state index in [1.165, 1.54) is 0 Å². The van der Waals surface area contributed by atoms with Gasteiger partial charge in [0.25, 0.3) is 0 Å². The molecular formula is C9H11N3O2. The molecule has 1 aliphatic rings. The molecule has 1 atom stereocenters. The highest BCUT2D eigenvalue weighted by Gasteiger charge is 2.27. The van der Waals surface area contributed by atoms with Crippen molar-refractivity contribution in [2.45, 2.75) is 19.4 Å². The van der Waals surface area contributed by atoms with Gasteiger partial charge in [-0.1, -0.05) is 0 Å². The van der Waals surface area contributed by atoms with Gasteiger partial charge in [0.05, 0.1) is 5.69 Å². The Labute approximate surface area is 81.2 Å². The number of aryl methyl sites for hydroxylation is 1. The number of rotatable bonds is 1. The molecule has 0 aromatic carbocycles. The van der Waals surface area contributed by atoms with Gasteiger partial charge in [0.15, 0.2) is 0 Å². The molecule has 74 valence electrons. The summed E-state index contributed by atoms with van der Waals surface area (Å²) in [5, 5.41) is 11.9. The summed E-state index contributed by atoms with van der Waals surface area (Å²) in [7, 11) is 0. The van der Waals surface area contributed by atoms with Crippen LogP contribution in [-0.2, 0) is 11.2 Å². The van der Waals surface area contributed by atoms with Crippen LogP contribution in [-0.4, -0.2) is 27.6 Å². The smallest absolute Gasteiger partial charge is 0.326 e. The molecule has 0 bridgehead atoms. The lowest BCUT2D eigenvalue weighted by molar-refractivity contribution is -0.139. The van der Waals surface area contributed by atoms with Gasteiger partial charge in [-0.15, -0.1) is 0 Å². The van der Waals surface area contributed by atoms with Crippen LogP contribution in [0.5, 0.6) is 0 Å². The molecule has 0 spiro atoms. The van der Waals surface area contributed by atoms with E-state index in [4.69, 9.17) is 5.11 Å². The van der Waals surface area contributed by atoms with Crippen LogP contribution >= 0.6 is 0 Å². The molecule has 0 saturated carbocycles. The normalized spacial score (nSPS) is 20.2. The highest BCUT2D eigenvalue weighted by atomic mass is 16.4. The lowest BCUT2D eigenvalue weighted by atomic mass is 10.0. The summed E-state index contributed by atoms with van der Waals surface area (Å²) in [5.74, 6) is -0.275. The van der Waals surface area contributed by atoms with Crippen molar-refractivity contribution < 1.29 is 9.90 Å². The molecule has 2 heterocycles. The van der Waals surface area contributed by atoms with Gasteiger partial charge in [0.2, 0.25) is 0 Å². The van der Waals surface area contributed by atoms with Crippen molar-refractivity contribution in [1.82, 2.24) is 15.3 Å². The van der Waals surface area contributed by atoms with Gasteiger partial charge in [-0.3, -0.25) is 10.1 Å². The van der Waals surface area contributed by atoms with Gasteiger partial charge in [-0.25, -0.2) is 9.97 Å². The number of fused-ring (bicyclic) bond motifs is 1. The zero-order chi connectivity index (χ0) is 10.1. The second-order valence-corrected chi connectivity index (χ2v) is 3.30. The summed E-state index contributed by atoms with van der Waals surface area (Å²) >= 11 is 0. The van der Waals surface area contributed by atoms with Crippen molar-refractivity contribution in [2.24, 2.45) is 0 Å². The van der Waals surface area contributed by atoms with E-state index in [0.29, 0.717) is 18.1 Å². The number of nitrogens with one attached hydrogen (secondary N) is 1. The topological polar surface area (TPSA) is 75.1 Å². The first-order valence-electron chi connectivity index (χ1n) is 4.47. The molecule has 1 aromatic rings. The third kappa shape index (κ3) is 1.46. The number of hydrogen-bond donors (Lipinski definition) is 2. The standard InChI is InChI=1S/C9H11N3O2/c1-5-11-4-6-2-3-10-8(9(13)14)7(6)12-5/h4,8,10H,2-3H2,1H3,(H,13,14). The Balaban J connectivity index is 2.46. The molecule has 0 radical (unpaired) electrons. The van der Waals surface area contributed by atoms with Crippen LogP contribution in [0.2, 0.25) is 0 Å². The van der Waals surface area contributed by atoms with Crippen molar-refractivity contribution in [2.75, 3.05) is 6.54 Å². The summed E-state index contributed by atoms with van der Waals surface area (Å²) in [5.41, 5.74) is 1.54. The van der Waals surface area contributed by atoms with E-state index in [0.717, 1.165) is 12.0 Å². The minimum atomic E-state index is -0.885. The fourth-order valence-corrected chi connectivity index (χ4v) is 1.61. The molecule has 2 N–H and O–H groups in total. The first-order valence-corrected chi connectivity index (χ1v) is 4.47. The molecule has 0 saturated heterocycles. The number of carbonyl (C=O) groups is 1. The molecule has 1 aliphatic heterocycles. The molecule has 1 unspecified atom stereocenters. The third-order valence-electron chi connectivity index (χ3n) is 2.28. The number of aliphatic carboxylic acids is 1. The lowest BCUT2D eigenvalue weighted by Crippen LogP contribution is -2.36. The SMILES string of the molecule is Cc1ncc2c(n1)C(C(=O)O)NCC2. The minimum Gasteiger partial charge on any atom is -0.480 e. The van der Waals surface area contributed by atoms with Crippen LogP contribution in [0.3, 0.4) is 0 Å². The van der Waals surface area contributed by atoms with Gasteiger partial charge < -0.3 is 5.11 Å². The largest absolute Gasteiger partial charge is 0.480 e. The quantitative estimate of drug-likeness (QED) is 0.659. The molecular weight excluding hydrogens is 182 g/mol. The average Bonchev–Trinajstić information content (AvgIpc) is 2.16. The van der Waals surface area contributed by atoms with Crippen molar-refractivity contribution in [3.63, 3.8) is 0 Å². The molecule has 5 heteroatoms. The van der Waals surface area contributed by atoms with Gasteiger partial charge >= 0.3 is 5.97 Å². The second-order valence-electron chi connectivity index (χ2n) is 3.30. The van der Waals surface area contributed by atoms with E-state index in [9.17, 15) is 4.79 Å². The Bertz CT molecular complexity index is 378. The number of carboxylic acids is 1. The van der Waals surface area contributed by atoms with Crippen LogP contribution < -0.4 is 5.32 Å². The van der Waals surface area contributed by atoms with Crippen LogP contribution in [0, 0.1) is 6.92 Å². The number of nitrogens with zero attached hydrogens (tertiary/aromatic N) is 2. The van der Waals surface area contributed by atoms with E-state index in [2.05, 4.69) is 15.3 Å². The predicted octanol–water partition coefficient (Wildman–Crippen LogP) is 0.0564. The Morgan fingerprint density at radius 1 is 1.71 bits per heavy atom. The van der Waals surface area contributed by atoms with Gasteiger partial charge in [-0.05, 0) is 18.9 Å². The Kier molecular flexibility index (Phi) is 2.17. The van der Waals surface area contributed by atoms with Crippen molar-refractivity contribution in [3.8, 4) is 0 Å². The fourth-order valence-electron chi connectivity index (χ4n) is 1.61. The summed E-state index contributed by atoms with van der Waals surface area (Å²) in [6.07, 6.45) is 2.51. The summed E-state index contributed by atoms with van der Waals surface area (Å²) in [6, 6.07) is -0.680. The van der Waals surface area contributed by atoms with E-state index >= 15 is 0 Å². The zero-order valence-electron chi connectivity index (χ0n) is 7.82. The molecule has 2 rings (SSSR count). The maximum absolute atomic E-state index is 10.9. The number of aromatic nitrogens is 2. The summed E-state index contributed by atoms with van der Waals surface area (Å²) in [6.45, 7) is 2.42. The number of carboxylic acid groups (broad SMARTS) is 1. The van der Waals surface area contributed by atoms with E-state index in [1.807, 2.05) is 0 Å². The Morgan fingerprint density at radius 2 is 2.50 bits per heavy atom. The molecule has 5 nitrogen and oxygen atoms in total. The van der Waals surface area contributed by atoms with Crippen molar-refractivity contribution in [3.05, 3.63) is 23.3 Å². The summed E-state index contributed by atoms with van der Waals surface area (Å²) in [4.78, 5) is 19.1. The van der Waals surface area contributed by atoms with Crippen molar-refractivity contribution >= 4 is 5.97 Å². The second kappa shape index (κ2) is 3.34. The molecule has 1 aromatic heterocycles. The fraction of sp³-hybridized carbons (Fsp3) is 0.444. The highest BCUT2D eigenvalue weighted by Crippen LogP contribution is 2.19. The lowest BCUT2D eigenvalue weighted by Gasteiger charge is -2.22. The molecule has 0 aliphatic carbocycles. The van der Waals surface area contributed by atoms with Crippen LogP contribution in [0.15, 0.2) is 6.20 Å². The maximum atomic E-state index is 10.9. The molecule has 0 fully saturated rings. The first kappa shape index (κ1) is 9.08. The Hall–Kier alpha value is -1.49. The third-order valence-corrected chi connectivity index (χ3v) is 2.28. The average molecular weight is 193 g/mol. The van der Waals surface area contributed by atoms with Gasteiger partial charge in [-0.2, -0.15) is 0 Å². The minimum absolute atomic E-state index is 0.608. The molecule has 0 amide bonds. The monoisotopic (exact) mass is 193 g/mol. The van der Waals surface area contributed by atoms with Gasteiger partial charge in [0.1, 0.15) is 11.9 Å². The van der Waals surface area contributed by atoms with Crippen LogP contribution in [0.1, 0.15) is 23.1 Å². The maximum Gasteiger partial charge on any atom is 0.326 e. The zero-order valence-corrected chi connectivity index (χ0v) is 7.82. The van der Waals surface area contributed by atoms with Crippen LogP contribution in [0.25, 0.3) is 0 Å². The van der Waals surface area contributed by atoms with E-state index in [-0.39, 0.29) is 0 Å². The number of hydrogen-bond acceptors (Lipinski definition) is 4. The predicted molar refractivity (Wildman–Crippen MR) is 48.9 cm³/mol. The first-order chi connectivity index (χ1) is 6.68. The van der Waals surface area contributed by atoms with E-state index in [1.54, 1.807) is 13.1 Å². The van der Waals surface area contributed by atoms with Crippen molar-refractivity contribution in [1.29, 1.82) is 0 Å². The highest BCUT2D eigenvalue weighted by molar-refractivity contribution is 5.75. The summed E-state index contributed by atoms with van der Waals surface area (Å²) < 4.78 is 0. The van der Waals surface area contributed by atoms with E-state index < -0.39 is 12.0 Å². The van der Waals surface area contributed by atoms with Gasteiger partial charge in [0, 0.05) is 12.7 Å². The van der Waals surface area contributed by atoms with Crippen LogP contribution in [0.4, 0.5) is 0 Å². The molecule has 14 heavy (non-hydrogen) atoms. The Morgan fingerprint density at radius 3 is 3.21 bits per heavy atom.